The summed E-state index contributed by atoms with van der Waals surface area (Å²) in [6.45, 7) is 0. The number of hydrogen-bond donors (Lipinski definition) is 1. The molecular weight excluding hydrogens is 152 g/mol. The fourth-order valence-electron chi connectivity index (χ4n) is 2.50. The van der Waals surface area contributed by atoms with Crippen LogP contribution < -0.4 is 0 Å². The highest BCUT2D eigenvalue weighted by Crippen LogP contribution is 2.39. The molecule has 0 unspecified atom stereocenters. The molecule has 0 aromatic rings. The summed E-state index contributed by atoms with van der Waals surface area (Å²) in [5.41, 5.74) is 0. The van der Waals surface area contributed by atoms with Crippen LogP contribution in [0.2, 0.25) is 0 Å². The molecule has 2 rings (SSSR count). The highest BCUT2D eigenvalue weighted by atomic mass is 16.4. The van der Waals surface area contributed by atoms with Crippen molar-refractivity contribution >= 4 is 5.97 Å². The van der Waals surface area contributed by atoms with Gasteiger partial charge in [0.1, 0.15) is 0 Å². The largest absolute Gasteiger partial charge is 0.481 e. The molecule has 2 bridgehead atoms. The fraction of sp³-hybridized carbons (Fsp3) is 0.700. The van der Waals surface area contributed by atoms with Gasteiger partial charge in [-0.25, -0.2) is 0 Å². The Morgan fingerprint density at radius 3 is 2.83 bits per heavy atom. The van der Waals surface area contributed by atoms with Crippen LogP contribution in [0, 0.1) is 17.8 Å². The predicted octanol–water partition coefficient (Wildman–Crippen LogP) is 2.06. The molecule has 66 valence electrons. The molecule has 0 radical (unpaired) electrons. The first-order valence-corrected chi connectivity index (χ1v) is 4.65. The van der Waals surface area contributed by atoms with Gasteiger partial charge in [-0.3, -0.25) is 4.79 Å². The molecule has 0 aliphatic heterocycles. The number of carboxylic acids is 1. The van der Waals surface area contributed by atoms with Gasteiger partial charge in [-0.1, -0.05) is 12.2 Å². The molecule has 2 heteroatoms. The molecular formula is C10H14O2. The van der Waals surface area contributed by atoms with Gasteiger partial charge in [-0.2, -0.15) is 0 Å². The van der Waals surface area contributed by atoms with Crippen LogP contribution in [0.3, 0.4) is 0 Å². The van der Waals surface area contributed by atoms with Gasteiger partial charge < -0.3 is 5.11 Å². The molecule has 1 fully saturated rings. The van der Waals surface area contributed by atoms with E-state index in [-0.39, 0.29) is 5.92 Å². The Morgan fingerprint density at radius 2 is 2.17 bits per heavy atom. The van der Waals surface area contributed by atoms with E-state index < -0.39 is 5.97 Å². The van der Waals surface area contributed by atoms with E-state index in [2.05, 4.69) is 12.2 Å². The minimum atomic E-state index is -0.597. The number of carbonyl (C=O) groups is 1. The summed E-state index contributed by atoms with van der Waals surface area (Å²) in [4.78, 5) is 10.8. The van der Waals surface area contributed by atoms with E-state index in [1.807, 2.05) is 0 Å². The topological polar surface area (TPSA) is 37.3 Å². The normalized spacial score (nSPS) is 39.5. The third-order valence-corrected chi connectivity index (χ3v) is 3.07. The van der Waals surface area contributed by atoms with E-state index in [4.69, 9.17) is 5.11 Å². The summed E-state index contributed by atoms with van der Waals surface area (Å²) in [6.07, 6.45) is 8.50. The summed E-state index contributed by atoms with van der Waals surface area (Å²) in [5.74, 6) is 0.534. The second-order valence-electron chi connectivity index (χ2n) is 4.03. The molecule has 2 aliphatic carbocycles. The maximum atomic E-state index is 10.8. The molecule has 3 atom stereocenters. The van der Waals surface area contributed by atoms with E-state index in [0.29, 0.717) is 11.8 Å². The standard InChI is InChI=1S/C10H14O2/c11-10(12)9-5-7-2-1-3-8(4-7)6-9/h1-2,7-9H,3-6H2,(H,11,12)/t7-,8-,9-/m0/s1. The molecule has 2 nitrogen and oxygen atoms in total. The van der Waals surface area contributed by atoms with Crippen LogP contribution in [0.4, 0.5) is 0 Å². The molecule has 0 heterocycles. The zero-order valence-electron chi connectivity index (χ0n) is 7.07. The summed E-state index contributed by atoms with van der Waals surface area (Å²) >= 11 is 0. The van der Waals surface area contributed by atoms with Crippen molar-refractivity contribution in [3.63, 3.8) is 0 Å². The van der Waals surface area contributed by atoms with Crippen molar-refractivity contribution in [1.29, 1.82) is 0 Å². The third-order valence-electron chi connectivity index (χ3n) is 3.07. The van der Waals surface area contributed by atoms with Crippen molar-refractivity contribution in [3.8, 4) is 0 Å². The quantitative estimate of drug-likeness (QED) is 0.605. The lowest BCUT2D eigenvalue weighted by Gasteiger charge is -2.33. The van der Waals surface area contributed by atoms with Crippen LogP contribution >= 0.6 is 0 Å². The van der Waals surface area contributed by atoms with Crippen LogP contribution in [0.25, 0.3) is 0 Å². The van der Waals surface area contributed by atoms with Gasteiger partial charge in [0.2, 0.25) is 0 Å². The van der Waals surface area contributed by atoms with Crippen LogP contribution in [0.5, 0.6) is 0 Å². The van der Waals surface area contributed by atoms with Crippen molar-refractivity contribution in [1.82, 2.24) is 0 Å². The van der Waals surface area contributed by atoms with Crippen LogP contribution in [-0.4, -0.2) is 11.1 Å². The molecule has 12 heavy (non-hydrogen) atoms. The molecule has 1 N–H and O–H groups in total. The Morgan fingerprint density at radius 1 is 1.33 bits per heavy atom. The van der Waals surface area contributed by atoms with Crippen LogP contribution in [-0.2, 0) is 4.79 Å². The first kappa shape index (κ1) is 7.84. The summed E-state index contributed by atoms with van der Waals surface area (Å²) in [6, 6.07) is 0. The third kappa shape index (κ3) is 1.38. The number of carboxylic acid groups (broad SMARTS) is 1. The van der Waals surface area contributed by atoms with Crippen molar-refractivity contribution < 1.29 is 9.90 Å². The SMILES string of the molecule is O=C(O)[C@H]1C[C@H]2C=CC[C@@H](C2)C1. The van der Waals surface area contributed by atoms with Gasteiger partial charge in [0.15, 0.2) is 0 Å². The maximum Gasteiger partial charge on any atom is 0.306 e. The van der Waals surface area contributed by atoms with Crippen molar-refractivity contribution in [2.75, 3.05) is 0 Å². The highest BCUT2D eigenvalue weighted by molar-refractivity contribution is 5.70. The summed E-state index contributed by atoms with van der Waals surface area (Å²) in [7, 11) is 0. The van der Waals surface area contributed by atoms with E-state index in [1.165, 1.54) is 6.42 Å². The molecule has 0 spiro atoms. The number of allylic oxidation sites excluding steroid dienone is 2. The predicted molar refractivity (Wildman–Crippen MR) is 45.7 cm³/mol. The average Bonchev–Trinajstić information content (AvgIpc) is 2.03. The van der Waals surface area contributed by atoms with Crippen LogP contribution in [0.1, 0.15) is 25.7 Å². The molecule has 0 saturated heterocycles. The Kier molecular flexibility index (Phi) is 1.91. The monoisotopic (exact) mass is 166 g/mol. The Labute approximate surface area is 72.3 Å². The van der Waals surface area contributed by atoms with E-state index in [0.717, 1.165) is 19.3 Å². The van der Waals surface area contributed by atoms with Gasteiger partial charge in [0.05, 0.1) is 5.92 Å². The molecule has 0 aromatic carbocycles. The first-order valence-electron chi connectivity index (χ1n) is 4.65. The number of fused-ring (bicyclic) bond motifs is 2. The zero-order valence-corrected chi connectivity index (χ0v) is 7.07. The van der Waals surface area contributed by atoms with E-state index in [1.54, 1.807) is 0 Å². The fourth-order valence-corrected chi connectivity index (χ4v) is 2.50. The summed E-state index contributed by atoms with van der Waals surface area (Å²) < 4.78 is 0. The van der Waals surface area contributed by atoms with Crippen LogP contribution in [0.15, 0.2) is 12.2 Å². The van der Waals surface area contributed by atoms with Gasteiger partial charge in [-0.05, 0) is 37.5 Å². The van der Waals surface area contributed by atoms with E-state index >= 15 is 0 Å². The van der Waals surface area contributed by atoms with Gasteiger partial charge in [0.25, 0.3) is 0 Å². The first-order chi connectivity index (χ1) is 5.75. The number of aliphatic carboxylic acids is 1. The minimum Gasteiger partial charge on any atom is -0.481 e. The lowest BCUT2D eigenvalue weighted by molar-refractivity contribution is -0.143. The van der Waals surface area contributed by atoms with Gasteiger partial charge in [0, 0.05) is 0 Å². The zero-order chi connectivity index (χ0) is 8.55. The molecule has 0 amide bonds. The Bertz CT molecular complexity index is 220. The second kappa shape index (κ2) is 2.92. The van der Waals surface area contributed by atoms with Crippen molar-refractivity contribution in [2.24, 2.45) is 17.8 Å². The maximum absolute atomic E-state index is 10.8. The second-order valence-corrected chi connectivity index (χ2v) is 4.03. The smallest absolute Gasteiger partial charge is 0.306 e. The minimum absolute atomic E-state index is 0.0706. The van der Waals surface area contributed by atoms with Gasteiger partial charge in [-0.15, -0.1) is 0 Å². The van der Waals surface area contributed by atoms with E-state index in [9.17, 15) is 4.79 Å². The Balaban J connectivity index is 2.07. The summed E-state index contributed by atoms with van der Waals surface area (Å²) in [5, 5.41) is 8.87. The highest BCUT2D eigenvalue weighted by Gasteiger charge is 2.32. The van der Waals surface area contributed by atoms with Gasteiger partial charge >= 0.3 is 5.97 Å². The van der Waals surface area contributed by atoms with Crippen molar-refractivity contribution in [2.45, 2.75) is 25.7 Å². The molecule has 0 aromatic heterocycles. The molecule has 2 aliphatic rings. The lowest BCUT2D eigenvalue weighted by Crippen LogP contribution is -2.28. The average molecular weight is 166 g/mol. The number of hydrogen-bond acceptors (Lipinski definition) is 1. The number of rotatable bonds is 1. The lowest BCUT2D eigenvalue weighted by atomic mass is 9.71. The molecule has 1 saturated carbocycles. The van der Waals surface area contributed by atoms with Crippen molar-refractivity contribution in [3.05, 3.63) is 12.2 Å². The Hall–Kier alpha value is -0.790.